The number of rotatable bonds is 1. The van der Waals surface area contributed by atoms with Crippen LogP contribution in [0, 0.1) is 0 Å². The van der Waals surface area contributed by atoms with Gasteiger partial charge in [0.05, 0.1) is 4.53 Å². The summed E-state index contributed by atoms with van der Waals surface area (Å²) in [5.41, 5.74) is 4.31. The van der Waals surface area contributed by atoms with Crippen molar-refractivity contribution in [1.82, 2.24) is 0 Å². The van der Waals surface area contributed by atoms with Gasteiger partial charge in [0, 0.05) is 0 Å². The van der Waals surface area contributed by atoms with Gasteiger partial charge in [-0.1, -0.05) is 0 Å². The van der Waals surface area contributed by atoms with Gasteiger partial charge in [0.25, 0.3) is 0 Å². The van der Waals surface area contributed by atoms with Crippen molar-refractivity contribution in [3.8, 4) is 0 Å². The third kappa shape index (κ3) is 4.89. The van der Waals surface area contributed by atoms with Crippen LogP contribution >= 0.6 is 0 Å². The Kier molecular flexibility index (Phi) is 2.56. The molecule has 0 aliphatic rings. The Balaban J connectivity index is 3.81. The molecule has 0 heterocycles. The van der Waals surface area contributed by atoms with Gasteiger partial charge in [-0.25, -0.2) is 4.79 Å². The Hall–Kier alpha value is -1.11. The van der Waals surface area contributed by atoms with Crippen LogP contribution in [-0.4, -0.2) is 14.5 Å². The van der Waals surface area contributed by atoms with E-state index in [0.717, 1.165) is 0 Å². The maximum absolute atomic E-state index is 9.54. The third-order valence-electron chi connectivity index (χ3n) is 0.188. The molecule has 0 rings (SSSR count). The van der Waals surface area contributed by atoms with E-state index >= 15 is 0 Å². The van der Waals surface area contributed by atoms with E-state index in [1.54, 1.807) is 0 Å². The molecule has 1 amide bonds. The Morgan fingerprint density at radius 2 is 2.12 bits per heavy atom. The molecular weight excluding hydrogens is 136 g/mol. The van der Waals surface area contributed by atoms with Gasteiger partial charge in [0.1, 0.15) is 0 Å². The molecule has 7 heteroatoms. The topological polar surface area (TPSA) is 98.8 Å². The Bertz CT molecular complexity index is 194. The Morgan fingerprint density at radius 1 is 1.62 bits per heavy atom. The summed E-state index contributed by atoms with van der Waals surface area (Å²) in [6.45, 7) is 0. The van der Waals surface area contributed by atoms with Crippen molar-refractivity contribution in [1.29, 1.82) is 0 Å². The Morgan fingerprint density at radius 3 is 2.25 bits per heavy atom. The fourth-order valence-electron chi connectivity index (χ4n) is 0.0672. The van der Waals surface area contributed by atoms with Crippen LogP contribution in [0.3, 0.4) is 0 Å². The van der Waals surface area contributed by atoms with Gasteiger partial charge in [-0.05, 0) is 0 Å². The SMILES string of the molecule is NC(=O)ON=S(=O)=O. The van der Waals surface area contributed by atoms with Crippen LogP contribution in [0.25, 0.3) is 0 Å². The summed E-state index contributed by atoms with van der Waals surface area (Å²) in [7, 11) is -2.73. The summed E-state index contributed by atoms with van der Waals surface area (Å²) < 4.78 is 21.1. The lowest BCUT2D eigenvalue weighted by Crippen LogP contribution is -2.08. The van der Waals surface area contributed by atoms with E-state index in [1.165, 1.54) is 0 Å². The number of hydrogen-bond acceptors (Lipinski definition) is 5. The van der Waals surface area contributed by atoms with Gasteiger partial charge in [0.15, 0.2) is 0 Å². The molecule has 0 saturated heterocycles. The average molecular weight is 138 g/mol. The second-order valence-corrected chi connectivity index (χ2v) is 1.29. The van der Waals surface area contributed by atoms with Crippen molar-refractivity contribution in [2.75, 3.05) is 0 Å². The molecule has 2 N–H and O–H groups in total. The predicted octanol–water partition coefficient (Wildman–Crippen LogP) is -0.941. The molecule has 0 aliphatic carbocycles. The number of carbonyl (C=O) groups excluding carboxylic acids is 1. The first-order valence-electron chi connectivity index (χ1n) is 1.40. The first-order valence-corrected chi connectivity index (χ1v) is 2.43. The normalized spacial score (nSPS) is 7.50. The van der Waals surface area contributed by atoms with Crippen LogP contribution in [0.1, 0.15) is 0 Å². The summed E-state index contributed by atoms with van der Waals surface area (Å²) in [6, 6.07) is 0. The molecule has 0 aromatic rings. The molecule has 0 aliphatic heterocycles. The first-order chi connectivity index (χ1) is 3.63. The second-order valence-electron chi connectivity index (χ2n) is 0.702. The smallest absolute Gasteiger partial charge is 0.333 e. The summed E-state index contributed by atoms with van der Waals surface area (Å²) in [5, 5.41) is 0. The lowest BCUT2D eigenvalue weighted by atomic mass is 11.3. The monoisotopic (exact) mass is 138 g/mol. The zero-order chi connectivity index (χ0) is 6.57. The van der Waals surface area contributed by atoms with Crippen LogP contribution in [-0.2, 0) is 15.3 Å². The van der Waals surface area contributed by atoms with Crippen molar-refractivity contribution in [2.24, 2.45) is 10.3 Å². The van der Waals surface area contributed by atoms with Crippen LogP contribution in [0.5, 0.6) is 0 Å². The minimum absolute atomic E-state index is 1.26. The van der Waals surface area contributed by atoms with Crippen molar-refractivity contribution < 1.29 is 18.0 Å². The molecule has 0 atom stereocenters. The van der Waals surface area contributed by atoms with E-state index in [9.17, 15) is 13.2 Å². The number of hydrogen-bond donors (Lipinski definition) is 1. The molecular formula is CH2N2O4S. The highest BCUT2D eigenvalue weighted by molar-refractivity contribution is 7.61. The van der Waals surface area contributed by atoms with Gasteiger partial charge in [-0.3, -0.25) is 4.84 Å². The maximum Gasteiger partial charge on any atom is 0.431 e. The van der Waals surface area contributed by atoms with Crippen molar-refractivity contribution in [3.05, 3.63) is 0 Å². The lowest BCUT2D eigenvalue weighted by molar-refractivity contribution is 0.163. The van der Waals surface area contributed by atoms with Crippen molar-refractivity contribution in [2.45, 2.75) is 0 Å². The van der Waals surface area contributed by atoms with Gasteiger partial charge in [-0.15, -0.1) is 0 Å². The number of amides is 1. The minimum Gasteiger partial charge on any atom is -0.333 e. The summed E-state index contributed by atoms with van der Waals surface area (Å²) in [6.07, 6.45) is -1.26. The molecule has 0 bridgehead atoms. The summed E-state index contributed by atoms with van der Waals surface area (Å²) in [5.74, 6) is 0. The van der Waals surface area contributed by atoms with Gasteiger partial charge in [0.2, 0.25) is 0 Å². The fourth-order valence-corrected chi connectivity index (χ4v) is 0.201. The van der Waals surface area contributed by atoms with Crippen LogP contribution in [0.2, 0.25) is 0 Å². The van der Waals surface area contributed by atoms with Gasteiger partial charge in [-0.2, -0.15) is 8.42 Å². The third-order valence-corrected chi connectivity index (χ3v) is 0.384. The predicted molar refractivity (Wildman–Crippen MR) is 22.0 cm³/mol. The molecule has 0 aromatic heterocycles. The fraction of sp³-hybridized carbons (Fsp3) is 0. The van der Waals surface area contributed by atoms with Crippen LogP contribution < -0.4 is 5.73 Å². The number of carbonyl (C=O) groups is 1. The average Bonchev–Trinajstić information content (AvgIpc) is 1.61. The van der Waals surface area contributed by atoms with Gasteiger partial charge >= 0.3 is 16.6 Å². The molecule has 46 valence electrons. The van der Waals surface area contributed by atoms with E-state index in [0.29, 0.717) is 0 Å². The number of nitrogens with zero attached hydrogens (tertiary/aromatic N) is 1. The molecule has 6 nitrogen and oxygen atoms in total. The maximum atomic E-state index is 9.54. The van der Waals surface area contributed by atoms with E-state index in [-0.39, 0.29) is 0 Å². The van der Waals surface area contributed by atoms with Crippen LogP contribution in [0.15, 0.2) is 4.53 Å². The van der Waals surface area contributed by atoms with Crippen molar-refractivity contribution >= 4 is 16.6 Å². The Labute approximate surface area is 45.9 Å². The van der Waals surface area contributed by atoms with E-state index in [2.05, 4.69) is 15.1 Å². The molecule has 0 radical (unpaired) electrons. The molecule has 0 spiro atoms. The first kappa shape index (κ1) is 6.89. The van der Waals surface area contributed by atoms with Crippen molar-refractivity contribution in [3.63, 3.8) is 0 Å². The van der Waals surface area contributed by atoms with Crippen LogP contribution in [0.4, 0.5) is 4.79 Å². The molecule has 0 aromatic carbocycles. The van der Waals surface area contributed by atoms with E-state index < -0.39 is 16.6 Å². The van der Waals surface area contributed by atoms with Gasteiger partial charge < -0.3 is 5.73 Å². The highest BCUT2D eigenvalue weighted by atomic mass is 32.2. The highest BCUT2D eigenvalue weighted by Crippen LogP contribution is 1.69. The molecule has 8 heavy (non-hydrogen) atoms. The zero-order valence-corrected chi connectivity index (χ0v) is 4.38. The largest absolute Gasteiger partial charge is 0.431 e. The lowest BCUT2D eigenvalue weighted by Gasteiger charge is -1.78. The number of primary amides is 1. The highest BCUT2D eigenvalue weighted by Gasteiger charge is 1.86. The minimum atomic E-state index is -2.73. The standard InChI is InChI=1S/CH2N2O4S/c2-1(4)7-3-8(5)6/h(H2,2,4). The zero-order valence-electron chi connectivity index (χ0n) is 3.57. The summed E-state index contributed by atoms with van der Waals surface area (Å²) in [4.78, 5) is 13.0. The molecule has 0 fully saturated rings. The molecule has 0 saturated carbocycles. The number of nitrogens with two attached hydrogens (primary N) is 1. The second kappa shape index (κ2) is 2.97. The molecule has 0 unspecified atom stereocenters. The summed E-state index contributed by atoms with van der Waals surface area (Å²) >= 11 is 0. The van der Waals surface area contributed by atoms with E-state index in [1.807, 2.05) is 0 Å². The quantitative estimate of drug-likeness (QED) is 0.472. The van der Waals surface area contributed by atoms with E-state index in [4.69, 9.17) is 0 Å².